The fourth-order valence-corrected chi connectivity index (χ4v) is 2.65. The minimum absolute atomic E-state index is 0.0494. The van der Waals surface area contributed by atoms with Crippen LogP contribution >= 0.6 is 0 Å². The number of nitro benzene ring substituents is 1. The zero-order valence-corrected chi connectivity index (χ0v) is 13.3. The van der Waals surface area contributed by atoms with Crippen molar-refractivity contribution >= 4 is 34.8 Å². The molecule has 132 valence electrons. The van der Waals surface area contributed by atoms with Crippen molar-refractivity contribution in [2.45, 2.75) is 12.5 Å². The number of carboxylic acid groups (broad SMARTS) is 1. The van der Waals surface area contributed by atoms with Crippen LogP contribution < -0.4 is 10.2 Å². The van der Waals surface area contributed by atoms with Crippen molar-refractivity contribution in [1.82, 2.24) is 0 Å². The Hall–Kier alpha value is -3.75. The van der Waals surface area contributed by atoms with E-state index in [2.05, 4.69) is 5.32 Å². The third-order valence-electron chi connectivity index (χ3n) is 3.94. The summed E-state index contributed by atoms with van der Waals surface area (Å²) in [5.41, 5.74) is 0.737. The number of hydrogen-bond donors (Lipinski definition) is 2. The van der Waals surface area contributed by atoms with Gasteiger partial charge in [0.25, 0.3) is 11.6 Å². The Labute approximate surface area is 147 Å². The first-order valence-corrected chi connectivity index (χ1v) is 7.58. The summed E-state index contributed by atoms with van der Waals surface area (Å²) in [6, 6.07) is 10.1. The van der Waals surface area contributed by atoms with Crippen molar-refractivity contribution in [3.63, 3.8) is 0 Å². The number of amides is 2. The molecule has 2 amide bonds. The maximum absolute atomic E-state index is 12.5. The van der Waals surface area contributed by atoms with Crippen molar-refractivity contribution in [3.8, 4) is 0 Å². The molecule has 2 N–H and O–H groups in total. The summed E-state index contributed by atoms with van der Waals surface area (Å²) in [6.45, 7) is 0. The zero-order valence-electron chi connectivity index (χ0n) is 13.3. The van der Waals surface area contributed by atoms with E-state index in [1.54, 1.807) is 0 Å². The van der Waals surface area contributed by atoms with Crippen LogP contribution in [0.1, 0.15) is 16.8 Å². The van der Waals surface area contributed by atoms with Crippen molar-refractivity contribution in [1.29, 1.82) is 0 Å². The molecule has 2 aromatic rings. The van der Waals surface area contributed by atoms with Gasteiger partial charge >= 0.3 is 5.97 Å². The largest absolute Gasteiger partial charge is 0.478 e. The molecule has 1 unspecified atom stereocenters. The Balaban J connectivity index is 1.76. The minimum Gasteiger partial charge on any atom is -0.478 e. The average Bonchev–Trinajstić information content (AvgIpc) is 2.89. The summed E-state index contributed by atoms with van der Waals surface area (Å²) in [5, 5.41) is 22.5. The smallest absolute Gasteiger partial charge is 0.335 e. The van der Waals surface area contributed by atoms with Crippen LogP contribution in [0.25, 0.3) is 0 Å². The van der Waals surface area contributed by atoms with Gasteiger partial charge in [0.15, 0.2) is 0 Å². The van der Waals surface area contributed by atoms with Gasteiger partial charge in [0, 0.05) is 17.8 Å². The zero-order chi connectivity index (χ0) is 18.8. The fraction of sp³-hybridized carbons (Fsp3) is 0.118. The van der Waals surface area contributed by atoms with E-state index in [1.165, 1.54) is 48.5 Å². The molecule has 1 aliphatic heterocycles. The van der Waals surface area contributed by atoms with Gasteiger partial charge in [0.1, 0.15) is 6.04 Å². The van der Waals surface area contributed by atoms with Gasteiger partial charge in [-0.3, -0.25) is 19.7 Å². The van der Waals surface area contributed by atoms with Crippen LogP contribution in [-0.2, 0) is 9.59 Å². The highest BCUT2D eigenvalue weighted by atomic mass is 16.6. The van der Waals surface area contributed by atoms with Gasteiger partial charge in [-0.05, 0) is 36.4 Å². The van der Waals surface area contributed by atoms with Crippen molar-refractivity contribution in [2.75, 3.05) is 10.2 Å². The summed E-state index contributed by atoms with van der Waals surface area (Å²) in [4.78, 5) is 46.7. The number of carboxylic acids is 1. The van der Waals surface area contributed by atoms with Gasteiger partial charge in [-0.1, -0.05) is 0 Å². The first-order chi connectivity index (χ1) is 12.4. The van der Waals surface area contributed by atoms with Crippen LogP contribution in [0.15, 0.2) is 48.5 Å². The number of carbonyl (C=O) groups excluding carboxylic acids is 2. The van der Waals surface area contributed by atoms with Gasteiger partial charge < -0.3 is 10.4 Å². The highest BCUT2D eigenvalue weighted by Gasteiger charge is 2.39. The van der Waals surface area contributed by atoms with Crippen LogP contribution in [0, 0.1) is 10.1 Å². The highest BCUT2D eigenvalue weighted by Crippen LogP contribution is 2.26. The maximum atomic E-state index is 12.5. The van der Waals surface area contributed by atoms with Crippen LogP contribution in [0.2, 0.25) is 0 Å². The van der Waals surface area contributed by atoms with E-state index in [1.807, 2.05) is 0 Å². The van der Waals surface area contributed by atoms with E-state index in [0.29, 0.717) is 5.69 Å². The van der Waals surface area contributed by atoms with Crippen LogP contribution in [0.5, 0.6) is 0 Å². The van der Waals surface area contributed by atoms with Gasteiger partial charge in [-0.15, -0.1) is 0 Å². The quantitative estimate of drug-likeness (QED) is 0.477. The Morgan fingerprint density at radius 3 is 2.27 bits per heavy atom. The number of nitro groups is 1. The third kappa shape index (κ3) is 3.22. The number of carbonyl (C=O) groups is 3. The Kier molecular flexibility index (Phi) is 4.36. The second-order valence-corrected chi connectivity index (χ2v) is 5.62. The van der Waals surface area contributed by atoms with Crippen LogP contribution in [-0.4, -0.2) is 33.9 Å². The van der Waals surface area contributed by atoms with Gasteiger partial charge in [-0.2, -0.15) is 0 Å². The number of hydrogen-bond acceptors (Lipinski definition) is 6. The molecule has 1 saturated heterocycles. The Morgan fingerprint density at radius 1 is 1.12 bits per heavy atom. The van der Waals surface area contributed by atoms with Gasteiger partial charge in [0.05, 0.1) is 22.6 Å². The van der Waals surface area contributed by atoms with E-state index < -0.39 is 28.7 Å². The van der Waals surface area contributed by atoms with Gasteiger partial charge in [0.2, 0.25) is 5.91 Å². The monoisotopic (exact) mass is 355 g/mol. The molecule has 1 heterocycles. The Morgan fingerprint density at radius 2 is 1.73 bits per heavy atom. The van der Waals surface area contributed by atoms with Crippen LogP contribution in [0.4, 0.5) is 17.1 Å². The number of aromatic carboxylic acids is 1. The molecule has 1 aliphatic rings. The lowest BCUT2D eigenvalue weighted by Gasteiger charge is -2.16. The summed E-state index contributed by atoms with van der Waals surface area (Å²) in [6.07, 6.45) is -0.0729. The number of rotatable bonds is 5. The number of nitrogens with zero attached hydrogens (tertiary/aromatic N) is 2. The number of non-ortho nitro benzene ring substituents is 1. The summed E-state index contributed by atoms with van der Waals surface area (Å²) in [5.74, 6) is -2.00. The molecule has 0 bridgehead atoms. The number of imide groups is 1. The van der Waals surface area contributed by atoms with E-state index in [4.69, 9.17) is 5.11 Å². The molecule has 0 aromatic heterocycles. The number of anilines is 2. The lowest BCUT2D eigenvalue weighted by molar-refractivity contribution is -0.384. The lowest BCUT2D eigenvalue weighted by atomic mass is 10.2. The first kappa shape index (κ1) is 17.1. The lowest BCUT2D eigenvalue weighted by Crippen LogP contribution is -2.34. The molecule has 0 aliphatic carbocycles. The predicted molar refractivity (Wildman–Crippen MR) is 91.0 cm³/mol. The SMILES string of the molecule is O=C(O)c1ccc(N2C(=O)CC(Nc3ccc([N+](=O)[O-])cc3)C2=O)cc1. The molecule has 1 fully saturated rings. The summed E-state index contributed by atoms with van der Waals surface area (Å²) < 4.78 is 0. The predicted octanol–water partition coefficient (Wildman–Crippen LogP) is 2.04. The second kappa shape index (κ2) is 6.63. The summed E-state index contributed by atoms with van der Waals surface area (Å²) in [7, 11) is 0. The molecule has 0 saturated carbocycles. The Bertz CT molecular complexity index is 892. The molecule has 9 nitrogen and oxygen atoms in total. The van der Waals surface area contributed by atoms with E-state index in [-0.39, 0.29) is 23.4 Å². The minimum atomic E-state index is -1.10. The van der Waals surface area contributed by atoms with E-state index in [0.717, 1.165) is 4.90 Å². The number of nitrogens with one attached hydrogen (secondary N) is 1. The van der Waals surface area contributed by atoms with Gasteiger partial charge in [-0.25, -0.2) is 9.69 Å². The average molecular weight is 355 g/mol. The van der Waals surface area contributed by atoms with Crippen molar-refractivity contribution in [3.05, 3.63) is 64.2 Å². The fourth-order valence-electron chi connectivity index (χ4n) is 2.65. The van der Waals surface area contributed by atoms with E-state index in [9.17, 15) is 24.5 Å². The first-order valence-electron chi connectivity index (χ1n) is 7.58. The summed E-state index contributed by atoms with van der Waals surface area (Å²) >= 11 is 0. The maximum Gasteiger partial charge on any atom is 0.335 e. The highest BCUT2D eigenvalue weighted by molar-refractivity contribution is 6.23. The molecular formula is C17H13N3O6. The van der Waals surface area contributed by atoms with Crippen molar-refractivity contribution < 1.29 is 24.4 Å². The molecule has 26 heavy (non-hydrogen) atoms. The third-order valence-corrected chi connectivity index (χ3v) is 3.94. The molecule has 9 heteroatoms. The van der Waals surface area contributed by atoms with Crippen molar-refractivity contribution in [2.24, 2.45) is 0 Å². The van der Waals surface area contributed by atoms with Crippen LogP contribution in [0.3, 0.4) is 0 Å². The standard InChI is InChI=1S/C17H13N3O6/c21-15-9-14(18-11-3-7-13(8-4-11)20(25)26)16(22)19(15)12-5-1-10(2-6-12)17(23)24/h1-8,14,18H,9H2,(H,23,24). The molecule has 1 atom stereocenters. The second-order valence-electron chi connectivity index (χ2n) is 5.62. The molecule has 2 aromatic carbocycles. The number of benzene rings is 2. The topological polar surface area (TPSA) is 130 Å². The molecule has 0 spiro atoms. The molecule has 3 rings (SSSR count). The normalized spacial score (nSPS) is 16.6. The van der Waals surface area contributed by atoms with E-state index >= 15 is 0 Å². The molecular weight excluding hydrogens is 342 g/mol. The molecule has 0 radical (unpaired) electrons.